The molecule has 110 valence electrons. The smallest absolute Gasteiger partial charge is 0.243 e. The molecule has 2 N–H and O–H groups in total. The van der Waals surface area contributed by atoms with Gasteiger partial charge < -0.3 is 10.3 Å². The summed E-state index contributed by atoms with van der Waals surface area (Å²) in [6.07, 6.45) is 8.14. The van der Waals surface area contributed by atoms with Gasteiger partial charge >= 0.3 is 0 Å². The molecule has 5 rings (SSSR count). The van der Waals surface area contributed by atoms with Gasteiger partial charge in [-0.05, 0) is 62.2 Å². The van der Waals surface area contributed by atoms with Crippen molar-refractivity contribution in [3.8, 4) is 0 Å². The second-order valence-electron chi connectivity index (χ2n) is 7.92. The van der Waals surface area contributed by atoms with E-state index in [0.29, 0.717) is 11.8 Å². The van der Waals surface area contributed by atoms with Crippen LogP contribution >= 0.6 is 0 Å². The molecule has 4 aliphatic carbocycles. The standard InChI is InChI=1S/C16H25N3O/c1-9(2)13(17)14-18-15(19-20-14)16-6-10-3-11(7-16)5-12(4-10)8-16/h9-13H,3-8,17H2,1-2H3/t10?,11?,12?,13-,16?/m0/s1. The molecule has 1 aromatic heterocycles. The molecule has 4 fully saturated rings. The van der Waals surface area contributed by atoms with Crippen molar-refractivity contribution in [3.05, 3.63) is 11.7 Å². The molecule has 0 unspecified atom stereocenters. The van der Waals surface area contributed by atoms with Crippen LogP contribution in [0.4, 0.5) is 0 Å². The Morgan fingerprint density at radius 3 is 2.15 bits per heavy atom. The molecule has 4 aliphatic rings. The summed E-state index contributed by atoms with van der Waals surface area (Å²) in [5.74, 6) is 4.64. The third-order valence-corrected chi connectivity index (χ3v) is 5.96. The van der Waals surface area contributed by atoms with Gasteiger partial charge in [-0.25, -0.2) is 0 Å². The van der Waals surface area contributed by atoms with E-state index >= 15 is 0 Å². The van der Waals surface area contributed by atoms with Gasteiger partial charge in [-0.3, -0.25) is 0 Å². The molecular weight excluding hydrogens is 250 g/mol. The molecule has 1 aromatic rings. The molecular formula is C16H25N3O. The second kappa shape index (κ2) is 4.30. The first-order chi connectivity index (χ1) is 9.56. The van der Waals surface area contributed by atoms with Crippen molar-refractivity contribution < 1.29 is 4.52 Å². The predicted molar refractivity (Wildman–Crippen MR) is 75.9 cm³/mol. The van der Waals surface area contributed by atoms with Crippen molar-refractivity contribution in [2.24, 2.45) is 29.4 Å². The molecule has 0 saturated heterocycles. The molecule has 4 heteroatoms. The Labute approximate surface area is 120 Å². The van der Waals surface area contributed by atoms with Gasteiger partial charge in [0.1, 0.15) is 0 Å². The fourth-order valence-corrected chi connectivity index (χ4v) is 5.26. The van der Waals surface area contributed by atoms with Crippen LogP contribution in [0.5, 0.6) is 0 Å². The van der Waals surface area contributed by atoms with Crippen LogP contribution < -0.4 is 5.73 Å². The summed E-state index contributed by atoms with van der Waals surface area (Å²) in [7, 11) is 0. The van der Waals surface area contributed by atoms with Crippen LogP contribution in [0.2, 0.25) is 0 Å². The summed E-state index contributed by atoms with van der Waals surface area (Å²) < 4.78 is 5.49. The number of hydrogen-bond donors (Lipinski definition) is 1. The monoisotopic (exact) mass is 275 g/mol. The van der Waals surface area contributed by atoms with Crippen LogP contribution in [0.15, 0.2) is 4.52 Å². The minimum Gasteiger partial charge on any atom is -0.338 e. The van der Waals surface area contributed by atoms with Gasteiger partial charge in [0.15, 0.2) is 5.82 Å². The summed E-state index contributed by atoms with van der Waals surface area (Å²) in [4.78, 5) is 4.72. The van der Waals surface area contributed by atoms with Crippen LogP contribution in [0.1, 0.15) is 70.1 Å². The maximum absolute atomic E-state index is 6.15. The third kappa shape index (κ3) is 1.84. The van der Waals surface area contributed by atoms with E-state index in [1.165, 1.54) is 38.5 Å². The normalized spacial score (nSPS) is 40.5. The zero-order valence-corrected chi connectivity index (χ0v) is 12.5. The highest BCUT2D eigenvalue weighted by Gasteiger charge is 2.53. The van der Waals surface area contributed by atoms with Gasteiger partial charge in [-0.2, -0.15) is 4.98 Å². The maximum atomic E-state index is 6.15. The van der Waals surface area contributed by atoms with Gasteiger partial charge in [0, 0.05) is 5.41 Å². The number of hydrogen-bond acceptors (Lipinski definition) is 4. The van der Waals surface area contributed by atoms with Gasteiger partial charge in [0.2, 0.25) is 5.89 Å². The molecule has 0 aliphatic heterocycles. The van der Waals surface area contributed by atoms with Crippen molar-refractivity contribution in [3.63, 3.8) is 0 Å². The van der Waals surface area contributed by atoms with Gasteiger partial charge in [0.25, 0.3) is 0 Å². The highest BCUT2D eigenvalue weighted by molar-refractivity contribution is 5.17. The van der Waals surface area contributed by atoms with E-state index in [4.69, 9.17) is 15.2 Å². The van der Waals surface area contributed by atoms with Gasteiger partial charge in [0.05, 0.1) is 6.04 Å². The maximum Gasteiger partial charge on any atom is 0.243 e. The van der Waals surface area contributed by atoms with E-state index in [2.05, 4.69) is 19.0 Å². The van der Waals surface area contributed by atoms with E-state index < -0.39 is 0 Å². The molecule has 1 atom stereocenters. The van der Waals surface area contributed by atoms with Crippen LogP contribution in [0.25, 0.3) is 0 Å². The number of rotatable bonds is 3. The lowest BCUT2D eigenvalue weighted by molar-refractivity contribution is -0.0103. The Bertz CT molecular complexity index is 472. The SMILES string of the molecule is CC(C)[C@H](N)c1nc(C23CC4CC(CC(C4)C2)C3)no1. The Morgan fingerprint density at radius 1 is 1.10 bits per heavy atom. The largest absolute Gasteiger partial charge is 0.338 e. The summed E-state index contributed by atoms with van der Waals surface area (Å²) in [6.45, 7) is 4.19. The van der Waals surface area contributed by atoms with Crippen LogP contribution in [0, 0.1) is 23.7 Å². The zero-order valence-electron chi connectivity index (χ0n) is 12.5. The Kier molecular flexibility index (Phi) is 2.75. The lowest BCUT2D eigenvalue weighted by atomic mass is 9.49. The Morgan fingerprint density at radius 2 is 1.65 bits per heavy atom. The lowest BCUT2D eigenvalue weighted by Crippen LogP contribution is -2.49. The fraction of sp³-hybridized carbons (Fsp3) is 0.875. The molecule has 0 radical (unpaired) electrons. The number of aromatic nitrogens is 2. The summed E-state index contributed by atoms with van der Waals surface area (Å²) >= 11 is 0. The quantitative estimate of drug-likeness (QED) is 0.920. The summed E-state index contributed by atoms with van der Waals surface area (Å²) in [5.41, 5.74) is 6.36. The zero-order chi connectivity index (χ0) is 13.9. The highest BCUT2D eigenvalue weighted by atomic mass is 16.5. The predicted octanol–water partition coefficient (Wildman–Crippen LogP) is 3.19. The third-order valence-electron chi connectivity index (χ3n) is 5.96. The molecule has 0 spiro atoms. The first kappa shape index (κ1) is 12.8. The highest BCUT2D eigenvalue weighted by Crippen LogP contribution is 2.60. The van der Waals surface area contributed by atoms with E-state index in [-0.39, 0.29) is 11.5 Å². The van der Waals surface area contributed by atoms with E-state index in [0.717, 1.165) is 23.6 Å². The lowest BCUT2D eigenvalue weighted by Gasteiger charge is -2.55. The Balaban J connectivity index is 1.64. The average Bonchev–Trinajstić information content (AvgIpc) is 2.86. The molecule has 4 bridgehead atoms. The topological polar surface area (TPSA) is 64.9 Å². The number of nitrogens with two attached hydrogens (primary N) is 1. The summed E-state index contributed by atoms with van der Waals surface area (Å²) in [6, 6.07) is -0.134. The second-order valence-corrected chi connectivity index (χ2v) is 7.92. The van der Waals surface area contributed by atoms with Crippen molar-refractivity contribution in [1.29, 1.82) is 0 Å². The molecule has 0 amide bonds. The molecule has 20 heavy (non-hydrogen) atoms. The van der Waals surface area contributed by atoms with E-state index in [1.807, 2.05) is 0 Å². The molecule has 4 saturated carbocycles. The van der Waals surface area contributed by atoms with Crippen LogP contribution in [0.3, 0.4) is 0 Å². The average molecular weight is 275 g/mol. The van der Waals surface area contributed by atoms with Crippen molar-refractivity contribution in [2.75, 3.05) is 0 Å². The van der Waals surface area contributed by atoms with Crippen LogP contribution in [-0.4, -0.2) is 10.1 Å². The molecule has 1 heterocycles. The molecule has 0 aromatic carbocycles. The van der Waals surface area contributed by atoms with Crippen molar-refractivity contribution >= 4 is 0 Å². The first-order valence-corrected chi connectivity index (χ1v) is 8.15. The van der Waals surface area contributed by atoms with Crippen molar-refractivity contribution in [2.45, 2.75) is 63.8 Å². The summed E-state index contributed by atoms with van der Waals surface area (Å²) in [5, 5.41) is 4.34. The van der Waals surface area contributed by atoms with Crippen molar-refractivity contribution in [1.82, 2.24) is 10.1 Å². The minimum atomic E-state index is -0.134. The first-order valence-electron chi connectivity index (χ1n) is 8.15. The van der Waals surface area contributed by atoms with Gasteiger partial charge in [-0.1, -0.05) is 19.0 Å². The van der Waals surface area contributed by atoms with Gasteiger partial charge in [-0.15, -0.1) is 0 Å². The Hall–Kier alpha value is -0.900. The van der Waals surface area contributed by atoms with Crippen LogP contribution in [-0.2, 0) is 5.41 Å². The number of nitrogens with zero attached hydrogens (tertiary/aromatic N) is 2. The fourth-order valence-electron chi connectivity index (χ4n) is 5.26. The minimum absolute atomic E-state index is 0.134. The molecule has 4 nitrogen and oxygen atoms in total. The van der Waals surface area contributed by atoms with E-state index in [1.54, 1.807) is 0 Å². The van der Waals surface area contributed by atoms with E-state index in [9.17, 15) is 0 Å².